The highest BCUT2D eigenvalue weighted by Gasteiger charge is 2.28. The number of benzene rings is 3. The van der Waals surface area contributed by atoms with Crippen LogP contribution in [-0.4, -0.2) is 46.4 Å². The van der Waals surface area contributed by atoms with Crippen molar-refractivity contribution in [2.75, 3.05) is 6.61 Å². The summed E-state index contributed by atoms with van der Waals surface area (Å²) in [5.41, 5.74) is -1.74. The second-order valence-electron chi connectivity index (χ2n) is 6.74. The Bertz CT molecular complexity index is 1720. The third-order valence-corrected chi connectivity index (χ3v) is 7.95. The van der Waals surface area contributed by atoms with Crippen molar-refractivity contribution in [3.05, 3.63) is 58.6 Å². The summed E-state index contributed by atoms with van der Waals surface area (Å²) in [6.45, 7) is 0.833. The van der Waals surface area contributed by atoms with Crippen molar-refractivity contribution in [3.8, 4) is 5.75 Å². The van der Waals surface area contributed by atoms with Crippen molar-refractivity contribution >= 4 is 58.5 Å². The molecule has 3 aromatic rings. The van der Waals surface area contributed by atoms with Gasteiger partial charge in [0, 0.05) is 11.5 Å². The number of hydrogen-bond acceptors (Lipinski definition) is 13. The first-order valence-electron chi connectivity index (χ1n) is 9.43. The summed E-state index contributed by atoms with van der Waals surface area (Å²) in [5.74, 6) is -0.491. The predicted octanol–water partition coefficient (Wildman–Crippen LogP) is 3.10. The summed E-state index contributed by atoms with van der Waals surface area (Å²) in [6.07, 6.45) is 0. The first-order valence-corrected chi connectivity index (χ1v) is 13.6. The maximum atomic E-state index is 12.2. The smallest absolute Gasteiger partial charge is 0.414 e. The van der Waals surface area contributed by atoms with E-state index in [9.17, 15) is 45.0 Å². The number of nitro groups is 1. The van der Waals surface area contributed by atoms with Gasteiger partial charge in [-0.25, -0.2) is 4.18 Å². The molecule has 36 heavy (non-hydrogen) atoms. The third kappa shape index (κ3) is 5.98. The molecule has 3 rings (SSSR count). The van der Waals surface area contributed by atoms with E-state index in [1.54, 1.807) is 0 Å². The number of rotatable bonds is 9. The van der Waals surface area contributed by atoms with Gasteiger partial charge in [-0.1, -0.05) is 12.1 Å². The molecule has 0 atom stereocenters. The standard InChI is InChI=1S/C18H15N3O12S3/c1-2-32-36(30,31)33-35(28,29)13-6-7-15(16(10-13)21(23)24)19-20-18-14-9-12(34(25,26)27)5-3-11(14)4-8-17(18)22/h3-10,22H,2H2,1H3,(H,25,26,27). The minimum atomic E-state index is -5.04. The Labute approximate surface area is 204 Å². The summed E-state index contributed by atoms with van der Waals surface area (Å²) >= 11 is 0. The maximum absolute atomic E-state index is 12.2. The number of fused-ring (bicyclic) bond motifs is 1. The van der Waals surface area contributed by atoms with Crippen LogP contribution in [0.25, 0.3) is 10.8 Å². The molecule has 3 aromatic carbocycles. The first-order chi connectivity index (χ1) is 16.6. The molecule has 15 nitrogen and oxygen atoms in total. The van der Waals surface area contributed by atoms with Gasteiger partial charge < -0.3 is 5.11 Å². The van der Waals surface area contributed by atoms with E-state index in [2.05, 4.69) is 18.0 Å². The highest BCUT2D eigenvalue weighted by Crippen LogP contribution is 2.39. The largest absolute Gasteiger partial charge is 0.506 e. The van der Waals surface area contributed by atoms with Gasteiger partial charge in [0.2, 0.25) is 0 Å². The van der Waals surface area contributed by atoms with E-state index in [1.807, 2.05) is 0 Å². The number of azo groups is 1. The van der Waals surface area contributed by atoms with E-state index < -0.39 is 69.1 Å². The summed E-state index contributed by atoms with van der Waals surface area (Å²) in [7, 11) is -14.6. The lowest BCUT2D eigenvalue weighted by Crippen LogP contribution is -2.16. The molecule has 0 aromatic heterocycles. The second-order valence-corrected chi connectivity index (χ2v) is 11.1. The van der Waals surface area contributed by atoms with Crippen LogP contribution < -0.4 is 0 Å². The molecule has 0 unspecified atom stereocenters. The van der Waals surface area contributed by atoms with Gasteiger partial charge in [0.15, 0.2) is 5.69 Å². The molecule has 2 N–H and O–H groups in total. The molecular weight excluding hydrogens is 546 g/mol. The molecule has 0 fully saturated rings. The number of nitrogens with zero attached hydrogens (tertiary/aromatic N) is 3. The minimum absolute atomic E-state index is 0.0188. The molecule has 0 saturated carbocycles. The first kappa shape index (κ1) is 27.0. The fourth-order valence-electron chi connectivity index (χ4n) is 2.84. The van der Waals surface area contributed by atoms with Crippen LogP contribution in [0.15, 0.2) is 68.6 Å². The Balaban J connectivity index is 2.10. The second kappa shape index (κ2) is 9.84. The molecule has 0 saturated heterocycles. The maximum Gasteiger partial charge on any atom is 0.414 e. The van der Waals surface area contributed by atoms with E-state index >= 15 is 0 Å². The molecule has 192 valence electrons. The quantitative estimate of drug-likeness (QED) is 0.166. The number of phenols is 1. The van der Waals surface area contributed by atoms with Gasteiger partial charge >= 0.3 is 20.5 Å². The molecular formula is C18H15N3O12S3. The fourth-order valence-corrected chi connectivity index (χ4v) is 5.48. The van der Waals surface area contributed by atoms with Gasteiger partial charge in [0.1, 0.15) is 16.3 Å². The Morgan fingerprint density at radius 1 is 0.944 bits per heavy atom. The summed E-state index contributed by atoms with van der Waals surface area (Å²) in [6, 6.07) is 8.10. The van der Waals surface area contributed by atoms with Crippen LogP contribution in [-0.2, 0) is 38.4 Å². The van der Waals surface area contributed by atoms with Crippen LogP contribution >= 0.6 is 0 Å². The lowest BCUT2D eigenvalue weighted by molar-refractivity contribution is -0.384. The Morgan fingerprint density at radius 3 is 2.19 bits per heavy atom. The minimum Gasteiger partial charge on any atom is -0.506 e. The van der Waals surface area contributed by atoms with Gasteiger partial charge in [0.25, 0.3) is 15.8 Å². The van der Waals surface area contributed by atoms with Crippen molar-refractivity contribution in [2.24, 2.45) is 10.2 Å². The molecule has 0 bridgehead atoms. The lowest BCUT2D eigenvalue weighted by atomic mass is 10.1. The highest BCUT2D eigenvalue weighted by molar-refractivity contribution is 7.97. The zero-order valence-corrected chi connectivity index (χ0v) is 20.3. The van der Waals surface area contributed by atoms with Crippen molar-refractivity contribution < 1.29 is 47.6 Å². The summed E-state index contributed by atoms with van der Waals surface area (Å²) < 4.78 is 87.9. The van der Waals surface area contributed by atoms with Crippen LogP contribution in [0.4, 0.5) is 17.1 Å². The van der Waals surface area contributed by atoms with E-state index in [0.29, 0.717) is 11.5 Å². The summed E-state index contributed by atoms with van der Waals surface area (Å²) in [4.78, 5) is 9.08. The van der Waals surface area contributed by atoms with Crippen molar-refractivity contribution in [1.29, 1.82) is 0 Å². The normalized spacial score (nSPS) is 12.8. The Morgan fingerprint density at radius 2 is 1.58 bits per heavy atom. The average molecular weight is 562 g/mol. The Hall–Kier alpha value is -3.55. The molecule has 0 amide bonds. The van der Waals surface area contributed by atoms with Gasteiger partial charge in [-0.05, 0) is 42.6 Å². The number of nitro benzene ring substituents is 1. The number of aromatic hydroxyl groups is 1. The van der Waals surface area contributed by atoms with Gasteiger partial charge in [-0.15, -0.1) is 13.9 Å². The van der Waals surface area contributed by atoms with Crippen molar-refractivity contribution in [3.63, 3.8) is 0 Å². The topological polar surface area (TPSA) is 229 Å². The zero-order valence-electron chi connectivity index (χ0n) is 17.9. The molecule has 0 aliphatic carbocycles. The van der Waals surface area contributed by atoms with Gasteiger partial charge in [-0.2, -0.15) is 25.3 Å². The third-order valence-electron chi connectivity index (χ3n) is 4.37. The van der Waals surface area contributed by atoms with Gasteiger partial charge in [0.05, 0.1) is 16.4 Å². The predicted molar refractivity (Wildman–Crippen MR) is 122 cm³/mol. The molecule has 0 heterocycles. The average Bonchev–Trinajstić information content (AvgIpc) is 2.76. The van der Waals surface area contributed by atoms with Crippen LogP contribution in [0, 0.1) is 10.1 Å². The van der Waals surface area contributed by atoms with E-state index in [1.165, 1.54) is 25.1 Å². The molecule has 0 aliphatic rings. The monoisotopic (exact) mass is 561 g/mol. The van der Waals surface area contributed by atoms with E-state index in [0.717, 1.165) is 24.3 Å². The van der Waals surface area contributed by atoms with Gasteiger partial charge in [-0.3, -0.25) is 14.7 Å². The SMILES string of the molecule is CCOS(=O)(=O)OS(=O)(=O)c1ccc(N=Nc2c(O)ccc3ccc(S(=O)(=O)O)cc23)c([N+](=O)[O-])c1. The van der Waals surface area contributed by atoms with Crippen molar-refractivity contribution in [2.45, 2.75) is 16.7 Å². The zero-order chi connectivity index (χ0) is 26.9. The van der Waals surface area contributed by atoms with Crippen molar-refractivity contribution in [1.82, 2.24) is 0 Å². The highest BCUT2D eigenvalue weighted by atomic mass is 32.3. The lowest BCUT2D eigenvalue weighted by Gasteiger charge is -2.07. The fraction of sp³-hybridized carbons (Fsp3) is 0.111. The van der Waals surface area contributed by atoms with Crippen LogP contribution in [0.3, 0.4) is 0 Å². The van der Waals surface area contributed by atoms with Crippen LogP contribution in [0.5, 0.6) is 5.75 Å². The number of hydrogen-bond donors (Lipinski definition) is 2. The molecule has 0 aliphatic heterocycles. The van der Waals surface area contributed by atoms with Crippen LogP contribution in [0.1, 0.15) is 6.92 Å². The van der Waals surface area contributed by atoms with E-state index in [4.69, 9.17) is 0 Å². The molecule has 18 heteroatoms. The Kier molecular flexibility index (Phi) is 7.39. The summed E-state index contributed by atoms with van der Waals surface area (Å²) in [5, 5.41) is 29.5. The number of phenolic OH excluding ortho intramolecular Hbond substituents is 1. The van der Waals surface area contributed by atoms with E-state index in [-0.39, 0.29) is 11.1 Å². The van der Waals surface area contributed by atoms with Crippen LogP contribution in [0.2, 0.25) is 0 Å². The molecule has 0 spiro atoms. The molecule has 0 radical (unpaired) electrons.